The summed E-state index contributed by atoms with van der Waals surface area (Å²) < 4.78 is 6.45. The SMILES string of the molecule is CCOC(=O)Cc1ccc[n+](OCC)c1.[I-]. The molecule has 1 aromatic heterocycles. The Morgan fingerprint density at radius 2 is 2.12 bits per heavy atom. The highest BCUT2D eigenvalue weighted by molar-refractivity contribution is 5.72. The largest absolute Gasteiger partial charge is 1.00 e. The Balaban J connectivity index is 0.00000225. The lowest BCUT2D eigenvalue weighted by Gasteiger charge is -2.00. The van der Waals surface area contributed by atoms with Gasteiger partial charge in [0.05, 0.1) is 13.0 Å². The van der Waals surface area contributed by atoms with Gasteiger partial charge in [0.2, 0.25) is 12.4 Å². The molecule has 0 spiro atoms. The van der Waals surface area contributed by atoms with E-state index in [2.05, 4.69) is 0 Å². The van der Waals surface area contributed by atoms with Crippen molar-refractivity contribution >= 4 is 5.97 Å². The van der Waals surface area contributed by atoms with Crippen LogP contribution in [0.2, 0.25) is 0 Å². The van der Waals surface area contributed by atoms with Gasteiger partial charge in [-0.25, -0.2) is 0 Å². The van der Waals surface area contributed by atoms with Gasteiger partial charge in [0.15, 0.2) is 6.61 Å². The Labute approximate surface area is 113 Å². The van der Waals surface area contributed by atoms with Crippen molar-refractivity contribution in [2.24, 2.45) is 0 Å². The van der Waals surface area contributed by atoms with Crippen LogP contribution in [-0.2, 0) is 16.0 Å². The summed E-state index contributed by atoms with van der Waals surface area (Å²) in [6, 6.07) is 3.71. The van der Waals surface area contributed by atoms with E-state index in [0.717, 1.165) is 5.56 Å². The van der Waals surface area contributed by atoms with Gasteiger partial charge in [-0.15, -0.1) is 0 Å². The minimum Gasteiger partial charge on any atom is -1.00 e. The number of esters is 1. The molecule has 1 aromatic rings. The fourth-order valence-corrected chi connectivity index (χ4v) is 1.21. The third kappa shape index (κ3) is 5.29. The highest BCUT2D eigenvalue weighted by Crippen LogP contribution is 1.97. The highest BCUT2D eigenvalue weighted by Gasteiger charge is 2.08. The zero-order chi connectivity index (χ0) is 11.1. The monoisotopic (exact) mass is 337 g/mol. The van der Waals surface area contributed by atoms with E-state index in [1.54, 1.807) is 24.0 Å². The van der Waals surface area contributed by atoms with Gasteiger partial charge >= 0.3 is 5.97 Å². The number of halogens is 1. The summed E-state index contributed by atoms with van der Waals surface area (Å²) >= 11 is 0. The Morgan fingerprint density at radius 3 is 2.75 bits per heavy atom. The molecule has 0 saturated carbocycles. The van der Waals surface area contributed by atoms with Crippen LogP contribution in [0.5, 0.6) is 0 Å². The third-order valence-corrected chi connectivity index (χ3v) is 1.77. The number of hydrogen-bond donors (Lipinski definition) is 0. The van der Waals surface area contributed by atoms with E-state index in [-0.39, 0.29) is 36.4 Å². The smallest absolute Gasteiger partial charge is 0.310 e. The van der Waals surface area contributed by atoms with Crippen LogP contribution in [0.1, 0.15) is 19.4 Å². The van der Waals surface area contributed by atoms with Gasteiger partial charge in [-0.2, -0.15) is 0 Å². The van der Waals surface area contributed by atoms with Crippen LogP contribution >= 0.6 is 0 Å². The summed E-state index contributed by atoms with van der Waals surface area (Å²) in [7, 11) is 0. The standard InChI is InChI=1S/C11H16NO3.HI/c1-3-14-11(13)8-10-6-5-7-12(9-10)15-4-2;/h5-7,9H,3-4,8H2,1-2H3;1H/q+1;/p-1. The van der Waals surface area contributed by atoms with Crippen LogP contribution < -0.4 is 33.5 Å². The first-order chi connectivity index (χ1) is 7.26. The summed E-state index contributed by atoms with van der Waals surface area (Å²) in [4.78, 5) is 16.5. The van der Waals surface area contributed by atoms with Crippen LogP contribution in [0.15, 0.2) is 24.5 Å². The lowest BCUT2D eigenvalue weighted by Crippen LogP contribution is -3.00. The van der Waals surface area contributed by atoms with Crippen molar-refractivity contribution in [1.82, 2.24) is 0 Å². The zero-order valence-electron chi connectivity index (χ0n) is 9.48. The van der Waals surface area contributed by atoms with Crippen molar-refractivity contribution in [3.63, 3.8) is 0 Å². The molecule has 0 saturated heterocycles. The molecule has 4 nitrogen and oxygen atoms in total. The van der Waals surface area contributed by atoms with Gasteiger partial charge in [0, 0.05) is 16.4 Å². The summed E-state index contributed by atoms with van der Waals surface area (Å²) in [6.07, 6.45) is 3.85. The molecule has 0 aliphatic heterocycles. The average molecular weight is 337 g/mol. The summed E-state index contributed by atoms with van der Waals surface area (Å²) in [5.41, 5.74) is 0.879. The van der Waals surface area contributed by atoms with Gasteiger partial charge in [0.1, 0.15) is 0 Å². The van der Waals surface area contributed by atoms with E-state index < -0.39 is 0 Å². The number of carbonyl (C=O) groups is 1. The summed E-state index contributed by atoms with van der Waals surface area (Å²) in [5, 5.41) is 0. The van der Waals surface area contributed by atoms with Gasteiger partial charge in [0.25, 0.3) is 0 Å². The maximum Gasteiger partial charge on any atom is 0.310 e. The fraction of sp³-hybridized carbons (Fsp3) is 0.455. The van der Waals surface area contributed by atoms with Crippen LogP contribution in [-0.4, -0.2) is 19.2 Å². The first-order valence-electron chi connectivity index (χ1n) is 5.05. The zero-order valence-corrected chi connectivity index (χ0v) is 11.6. The Kier molecular flexibility index (Phi) is 7.88. The molecule has 0 radical (unpaired) electrons. The maximum atomic E-state index is 11.2. The molecule has 0 amide bonds. The second-order valence-electron chi connectivity index (χ2n) is 2.97. The molecule has 1 heterocycles. The number of rotatable bonds is 5. The van der Waals surface area contributed by atoms with E-state index >= 15 is 0 Å². The van der Waals surface area contributed by atoms with Gasteiger partial charge in [-0.1, -0.05) is 0 Å². The van der Waals surface area contributed by atoms with Crippen molar-refractivity contribution in [3.8, 4) is 0 Å². The Bertz CT molecular complexity index is 331. The molecule has 0 aliphatic carbocycles. The topological polar surface area (TPSA) is 39.4 Å². The van der Waals surface area contributed by atoms with E-state index in [1.165, 1.54) is 0 Å². The molecule has 0 fully saturated rings. The lowest BCUT2D eigenvalue weighted by atomic mass is 10.2. The molecule has 0 aliphatic rings. The van der Waals surface area contributed by atoms with Crippen molar-refractivity contribution in [2.75, 3.05) is 13.2 Å². The molecule has 5 heteroatoms. The number of nitrogens with zero attached hydrogens (tertiary/aromatic N) is 1. The van der Waals surface area contributed by atoms with E-state index in [4.69, 9.17) is 9.57 Å². The second-order valence-corrected chi connectivity index (χ2v) is 2.97. The summed E-state index contributed by atoms with van der Waals surface area (Å²) in [5.74, 6) is -0.216. The predicted octanol–water partition coefficient (Wildman–Crippen LogP) is -2.47. The molecule has 1 rings (SSSR count). The van der Waals surface area contributed by atoms with E-state index in [0.29, 0.717) is 13.2 Å². The van der Waals surface area contributed by atoms with Gasteiger partial charge < -0.3 is 28.7 Å². The minimum absolute atomic E-state index is 0. The molecule has 16 heavy (non-hydrogen) atoms. The highest BCUT2D eigenvalue weighted by atomic mass is 127. The Morgan fingerprint density at radius 1 is 1.38 bits per heavy atom. The molecule has 0 aromatic carbocycles. The van der Waals surface area contributed by atoms with Gasteiger partial charge in [-0.3, -0.25) is 9.63 Å². The number of ether oxygens (including phenoxy) is 1. The first kappa shape index (κ1) is 15.2. The third-order valence-electron chi connectivity index (χ3n) is 1.77. The lowest BCUT2D eigenvalue weighted by molar-refractivity contribution is -0.891. The quantitative estimate of drug-likeness (QED) is 0.340. The number of pyridine rings is 1. The normalized spacial score (nSPS) is 9.12. The fourth-order valence-electron chi connectivity index (χ4n) is 1.21. The first-order valence-corrected chi connectivity index (χ1v) is 5.05. The number of carbonyl (C=O) groups excluding carboxylic acids is 1. The molecule has 0 unspecified atom stereocenters. The maximum absolute atomic E-state index is 11.2. The number of aromatic nitrogens is 1. The molecule has 0 bridgehead atoms. The van der Waals surface area contributed by atoms with Crippen molar-refractivity contribution < 1.29 is 43.1 Å². The second kappa shape index (κ2) is 8.32. The molecular formula is C11H16INO3. The van der Waals surface area contributed by atoms with Crippen molar-refractivity contribution in [2.45, 2.75) is 20.3 Å². The minimum atomic E-state index is -0.216. The predicted molar refractivity (Wildman–Crippen MR) is 54.1 cm³/mol. The van der Waals surface area contributed by atoms with Crippen LogP contribution in [0.25, 0.3) is 0 Å². The van der Waals surface area contributed by atoms with E-state index in [1.807, 2.05) is 19.1 Å². The van der Waals surface area contributed by atoms with E-state index in [9.17, 15) is 4.79 Å². The molecule has 90 valence electrons. The number of hydrogen-bond acceptors (Lipinski definition) is 3. The van der Waals surface area contributed by atoms with Crippen molar-refractivity contribution in [3.05, 3.63) is 30.1 Å². The van der Waals surface area contributed by atoms with Crippen LogP contribution in [0, 0.1) is 0 Å². The molecule has 0 N–H and O–H groups in total. The van der Waals surface area contributed by atoms with Crippen LogP contribution in [0.3, 0.4) is 0 Å². The Hall–Kier alpha value is -0.850. The van der Waals surface area contributed by atoms with Crippen molar-refractivity contribution in [1.29, 1.82) is 0 Å². The summed E-state index contributed by atoms with van der Waals surface area (Å²) in [6.45, 7) is 4.71. The average Bonchev–Trinajstić information content (AvgIpc) is 2.19. The molecule has 0 atom stereocenters. The van der Waals surface area contributed by atoms with Gasteiger partial charge in [-0.05, 0) is 19.9 Å². The molecular weight excluding hydrogens is 321 g/mol. The van der Waals surface area contributed by atoms with Crippen LogP contribution in [0.4, 0.5) is 0 Å².